The first-order chi connectivity index (χ1) is 10.9. The van der Waals surface area contributed by atoms with Crippen LogP contribution < -0.4 is 0 Å². The number of aliphatic carboxylic acids is 1. The lowest BCUT2D eigenvalue weighted by molar-refractivity contribution is -0.137. The smallest absolute Gasteiger partial charge is 0.478 e. The molecule has 0 heterocycles. The number of carbonyl (C=O) groups is 2. The SMILES string of the molecule is C=CC(=O)O.C=CC(=O)OCCC[Si](OCC)(OCC)OCC. The molecular formula is C15H28O7Si. The number of hydrogen-bond donors (Lipinski definition) is 1. The average molecular weight is 348 g/mol. The van der Waals surface area contributed by atoms with E-state index in [1.807, 2.05) is 20.8 Å². The summed E-state index contributed by atoms with van der Waals surface area (Å²) in [5.41, 5.74) is 0. The van der Waals surface area contributed by atoms with Crippen molar-refractivity contribution in [3.05, 3.63) is 25.3 Å². The number of carbonyl (C=O) groups excluding carboxylic acids is 1. The maximum absolute atomic E-state index is 10.9. The quantitative estimate of drug-likeness (QED) is 0.251. The zero-order chi connectivity index (χ0) is 18.1. The fourth-order valence-corrected chi connectivity index (χ4v) is 4.10. The van der Waals surface area contributed by atoms with Crippen molar-refractivity contribution >= 4 is 20.7 Å². The van der Waals surface area contributed by atoms with Crippen molar-refractivity contribution in [1.29, 1.82) is 0 Å². The normalized spacial score (nSPS) is 10.2. The summed E-state index contributed by atoms with van der Waals surface area (Å²) in [6.07, 6.45) is 2.64. The van der Waals surface area contributed by atoms with Gasteiger partial charge in [-0.3, -0.25) is 0 Å². The molecule has 0 aromatic carbocycles. The van der Waals surface area contributed by atoms with Crippen molar-refractivity contribution in [3.8, 4) is 0 Å². The van der Waals surface area contributed by atoms with Gasteiger partial charge in [0.05, 0.1) is 6.61 Å². The molecule has 0 radical (unpaired) electrons. The van der Waals surface area contributed by atoms with E-state index in [0.29, 0.717) is 38.9 Å². The van der Waals surface area contributed by atoms with Gasteiger partial charge in [-0.15, -0.1) is 0 Å². The third kappa shape index (κ3) is 13.9. The zero-order valence-electron chi connectivity index (χ0n) is 14.2. The standard InChI is InChI=1S/C12H24O5Si.C3H4O2/c1-5-12(13)14-10-9-11-18(15-6-2,16-7-3)17-8-4;1-2-3(4)5/h5H,1,6-11H2,2-4H3;2H,1H2,(H,4,5). The molecular weight excluding hydrogens is 320 g/mol. The molecule has 0 unspecified atom stereocenters. The minimum absolute atomic E-state index is 0.326. The predicted octanol–water partition coefficient (Wildman–Crippen LogP) is 2.41. The molecule has 0 saturated heterocycles. The Kier molecular flexibility index (Phi) is 15.9. The van der Waals surface area contributed by atoms with Crippen LogP contribution in [0.2, 0.25) is 6.04 Å². The highest BCUT2D eigenvalue weighted by molar-refractivity contribution is 6.60. The van der Waals surface area contributed by atoms with Crippen molar-refractivity contribution in [1.82, 2.24) is 0 Å². The molecule has 0 atom stereocenters. The van der Waals surface area contributed by atoms with Gasteiger partial charge in [-0.1, -0.05) is 13.2 Å². The number of rotatable bonds is 12. The van der Waals surface area contributed by atoms with Crippen molar-refractivity contribution in [2.24, 2.45) is 0 Å². The van der Waals surface area contributed by atoms with Crippen LogP contribution in [0.1, 0.15) is 27.2 Å². The molecule has 1 N–H and O–H groups in total. The number of hydrogen-bond acceptors (Lipinski definition) is 6. The van der Waals surface area contributed by atoms with Gasteiger partial charge >= 0.3 is 20.7 Å². The maximum Gasteiger partial charge on any atom is 0.501 e. The van der Waals surface area contributed by atoms with Crippen LogP contribution in [0.3, 0.4) is 0 Å². The fourth-order valence-electron chi connectivity index (χ4n) is 1.52. The monoisotopic (exact) mass is 348 g/mol. The van der Waals surface area contributed by atoms with Gasteiger partial charge in [0.15, 0.2) is 0 Å². The summed E-state index contributed by atoms with van der Waals surface area (Å²) in [6, 6.07) is 0.646. The van der Waals surface area contributed by atoms with Crippen LogP contribution in [0.25, 0.3) is 0 Å². The van der Waals surface area contributed by atoms with Crippen molar-refractivity contribution in [2.45, 2.75) is 33.2 Å². The van der Waals surface area contributed by atoms with Crippen molar-refractivity contribution < 1.29 is 32.7 Å². The molecule has 7 nitrogen and oxygen atoms in total. The second-order valence-electron chi connectivity index (χ2n) is 4.00. The lowest BCUT2D eigenvalue weighted by atomic mass is 10.5. The van der Waals surface area contributed by atoms with Crippen LogP contribution >= 0.6 is 0 Å². The third-order valence-corrected chi connectivity index (χ3v) is 5.46. The Morgan fingerprint density at radius 3 is 1.74 bits per heavy atom. The Hall–Kier alpha value is -1.48. The summed E-state index contributed by atoms with van der Waals surface area (Å²) in [5, 5.41) is 7.60. The highest BCUT2D eigenvalue weighted by Crippen LogP contribution is 2.18. The number of ether oxygens (including phenoxy) is 1. The zero-order valence-corrected chi connectivity index (χ0v) is 15.2. The van der Waals surface area contributed by atoms with Crippen molar-refractivity contribution in [2.75, 3.05) is 26.4 Å². The first-order valence-electron chi connectivity index (χ1n) is 7.47. The minimum atomic E-state index is -2.59. The van der Waals surface area contributed by atoms with E-state index in [4.69, 9.17) is 23.1 Å². The van der Waals surface area contributed by atoms with E-state index < -0.39 is 20.7 Å². The van der Waals surface area contributed by atoms with E-state index in [1.165, 1.54) is 0 Å². The van der Waals surface area contributed by atoms with Crippen molar-refractivity contribution in [3.63, 3.8) is 0 Å². The third-order valence-electron chi connectivity index (χ3n) is 2.31. The maximum atomic E-state index is 10.9. The molecule has 0 rings (SSSR count). The van der Waals surface area contributed by atoms with Crippen LogP contribution in [0, 0.1) is 0 Å². The summed E-state index contributed by atoms with van der Waals surface area (Å²) in [7, 11) is -2.59. The molecule has 0 aromatic heterocycles. The summed E-state index contributed by atoms with van der Waals surface area (Å²) < 4.78 is 22.0. The summed E-state index contributed by atoms with van der Waals surface area (Å²) in [4.78, 5) is 20.1. The fraction of sp³-hybridized carbons (Fsp3) is 0.600. The lowest BCUT2D eigenvalue weighted by Crippen LogP contribution is -2.46. The Balaban J connectivity index is 0. The van der Waals surface area contributed by atoms with Gasteiger partial charge in [-0.25, -0.2) is 9.59 Å². The van der Waals surface area contributed by atoms with Crippen LogP contribution in [0.4, 0.5) is 0 Å². The van der Waals surface area contributed by atoms with Gasteiger partial charge in [-0.2, -0.15) is 0 Å². The Labute approximate surface area is 139 Å². The highest BCUT2D eigenvalue weighted by Gasteiger charge is 2.39. The first kappa shape index (κ1) is 23.8. The second kappa shape index (κ2) is 15.4. The van der Waals surface area contributed by atoms with Gasteiger partial charge in [0.25, 0.3) is 0 Å². The largest absolute Gasteiger partial charge is 0.501 e. The van der Waals surface area contributed by atoms with Gasteiger partial charge < -0.3 is 23.1 Å². The molecule has 0 aromatic rings. The molecule has 0 aliphatic carbocycles. The molecule has 134 valence electrons. The molecule has 0 amide bonds. The van der Waals surface area contributed by atoms with E-state index in [9.17, 15) is 9.59 Å². The number of esters is 1. The Bertz CT molecular complexity index is 341. The van der Waals surface area contributed by atoms with Crippen LogP contribution in [0.15, 0.2) is 25.3 Å². The molecule has 0 aliphatic heterocycles. The summed E-state index contributed by atoms with van der Waals surface area (Å²) in [6.45, 7) is 14.0. The lowest BCUT2D eigenvalue weighted by Gasteiger charge is -2.28. The highest BCUT2D eigenvalue weighted by atomic mass is 28.4. The van der Waals surface area contributed by atoms with Crippen LogP contribution in [-0.4, -0.2) is 52.3 Å². The van der Waals surface area contributed by atoms with E-state index in [1.54, 1.807) is 0 Å². The molecule has 0 bridgehead atoms. The Morgan fingerprint density at radius 2 is 1.43 bits per heavy atom. The topological polar surface area (TPSA) is 91.3 Å². The minimum Gasteiger partial charge on any atom is -0.478 e. The number of carboxylic acids is 1. The molecule has 0 saturated carbocycles. The molecule has 8 heteroatoms. The Morgan fingerprint density at radius 1 is 1.00 bits per heavy atom. The van der Waals surface area contributed by atoms with E-state index in [2.05, 4.69) is 13.2 Å². The van der Waals surface area contributed by atoms with Crippen LogP contribution in [0.5, 0.6) is 0 Å². The van der Waals surface area contributed by atoms with Gasteiger partial charge in [0.2, 0.25) is 0 Å². The molecule has 0 spiro atoms. The van der Waals surface area contributed by atoms with Crippen LogP contribution in [-0.2, 0) is 27.6 Å². The second-order valence-corrected chi connectivity index (χ2v) is 6.73. The molecule has 0 fully saturated rings. The predicted molar refractivity (Wildman–Crippen MR) is 89.0 cm³/mol. The van der Waals surface area contributed by atoms with Gasteiger partial charge in [-0.05, 0) is 27.2 Å². The average Bonchev–Trinajstić information content (AvgIpc) is 2.52. The number of carboxylic acid groups (broad SMARTS) is 1. The summed E-state index contributed by atoms with van der Waals surface area (Å²) >= 11 is 0. The van der Waals surface area contributed by atoms with E-state index >= 15 is 0 Å². The van der Waals surface area contributed by atoms with E-state index in [-0.39, 0.29) is 0 Å². The molecule has 0 aliphatic rings. The first-order valence-corrected chi connectivity index (χ1v) is 9.40. The van der Waals surface area contributed by atoms with Gasteiger partial charge in [0, 0.05) is 38.0 Å². The van der Waals surface area contributed by atoms with Gasteiger partial charge in [0.1, 0.15) is 0 Å². The van der Waals surface area contributed by atoms with E-state index in [0.717, 1.165) is 12.2 Å². The summed E-state index contributed by atoms with van der Waals surface area (Å²) in [5.74, 6) is -1.39. The molecule has 23 heavy (non-hydrogen) atoms.